The molecule has 31 heavy (non-hydrogen) atoms. The minimum Gasteiger partial charge on any atom is -0.497 e. The maximum atomic E-state index is 13.5. The van der Waals surface area contributed by atoms with Gasteiger partial charge in [0.05, 0.1) is 19.8 Å². The highest BCUT2D eigenvalue weighted by Crippen LogP contribution is 2.30. The largest absolute Gasteiger partial charge is 0.497 e. The van der Waals surface area contributed by atoms with Crippen LogP contribution in [-0.2, 0) is 15.8 Å². The number of hydrogen-bond acceptors (Lipinski definition) is 4. The van der Waals surface area contributed by atoms with Gasteiger partial charge in [-0.25, -0.2) is 0 Å². The zero-order valence-electron chi connectivity index (χ0n) is 19.1. The van der Waals surface area contributed by atoms with Gasteiger partial charge in [0, 0.05) is 18.6 Å². The molecule has 1 heterocycles. The van der Waals surface area contributed by atoms with Crippen LogP contribution < -0.4 is 10.1 Å². The number of rotatable bonds is 10. The van der Waals surface area contributed by atoms with Crippen LogP contribution in [0.4, 0.5) is 13.2 Å². The number of amides is 1. The summed E-state index contributed by atoms with van der Waals surface area (Å²) < 4.78 is 51.9. The van der Waals surface area contributed by atoms with Crippen molar-refractivity contribution in [3.05, 3.63) is 29.8 Å². The Balaban J connectivity index is 2.27. The number of ether oxygens (including phenoxy) is 1. The Morgan fingerprint density at radius 3 is 2.23 bits per heavy atom. The second kappa shape index (κ2) is 10.8. The quantitative estimate of drug-likeness (QED) is 0.513. The predicted molar refractivity (Wildman–Crippen MR) is 118 cm³/mol. The molecule has 0 bridgehead atoms. The molecule has 1 fully saturated rings. The van der Waals surface area contributed by atoms with Crippen molar-refractivity contribution in [1.29, 1.82) is 0 Å². The second-order valence-electron chi connectivity index (χ2n) is 8.31. The average molecular weight is 461 g/mol. The molecule has 9 heteroatoms. The minimum absolute atomic E-state index is 0.000975. The minimum atomic E-state index is -4.93. The molecule has 1 N–H and O–H groups in total. The van der Waals surface area contributed by atoms with Crippen LogP contribution in [0.2, 0.25) is 18.1 Å². The maximum Gasteiger partial charge on any atom is 0.471 e. The number of nitrogens with one attached hydrogen (secondary N) is 1. The van der Waals surface area contributed by atoms with E-state index in [9.17, 15) is 18.0 Å². The van der Waals surface area contributed by atoms with E-state index in [1.54, 1.807) is 24.3 Å². The number of methoxy groups -OCH3 is 1. The van der Waals surface area contributed by atoms with Crippen molar-refractivity contribution in [3.63, 3.8) is 0 Å². The van der Waals surface area contributed by atoms with Crippen molar-refractivity contribution >= 4 is 14.2 Å². The molecule has 0 spiro atoms. The first-order valence-corrected chi connectivity index (χ1v) is 13.5. The molecular weight excluding hydrogens is 425 g/mol. The van der Waals surface area contributed by atoms with Crippen LogP contribution in [0.25, 0.3) is 0 Å². The van der Waals surface area contributed by atoms with Crippen molar-refractivity contribution in [2.45, 2.75) is 83.1 Å². The van der Waals surface area contributed by atoms with Crippen molar-refractivity contribution < 1.29 is 27.1 Å². The monoisotopic (exact) mass is 460 g/mol. The summed E-state index contributed by atoms with van der Waals surface area (Å²) in [6.45, 7) is 8.48. The number of benzene rings is 1. The van der Waals surface area contributed by atoms with E-state index >= 15 is 0 Å². The zero-order chi connectivity index (χ0) is 23.2. The van der Waals surface area contributed by atoms with E-state index in [2.05, 4.69) is 26.1 Å². The highest BCUT2D eigenvalue weighted by Gasteiger charge is 2.48. The normalized spacial score (nSPS) is 21.9. The summed E-state index contributed by atoms with van der Waals surface area (Å²) in [4.78, 5) is 13.4. The van der Waals surface area contributed by atoms with E-state index in [0.717, 1.165) is 23.0 Å². The fourth-order valence-corrected chi connectivity index (χ4v) is 6.97. The van der Waals surface area contributed by atoms with E-state index in [1.165, 1.54) is 7.11 Å². The standard InChI is InChI=1S/C22H35F3N2O3Si/c1-6-31(7-2,8-3)30-15-19-20(13-16(4)26-19)27(21(28)22(23,24)25)14-17-9-11-18(29-5)12-10-17/h9-12,16,19-20,26H,6-8,13-15H2,1-5H3/t16-,19+,20+/m1/s1. The molecule has 3 atom stereocenters. The Morgan fingerprint density at radius 2 is 1.74 bits per heavy atom. The van der Waals surface area contributed by atoms with Gasteiger partial charge in [0.2, 0.25) is 0 Å². The molecule has 0 aromatic heterocycles. The number of carbonyl (C=O) groups excluding carboxylic acids is 1. The highest BCUT2D eigenvalue weighted by molar-refractivity contribution is 6.73. The van der Waals surface area contributed by atoms with E-state index < -0.39 is 26.4 Å². The molecule has 1 aromatic rings. The molecule has 1 amide bonds. The molecule has 1 aliphatic rings. The van der Waals surface area contributed by atoms with Crippen LogP contribution in [-0.4, -0.2) is 57.1 Å². The Hall–Kier alpha value is -1.58. The fraction of sp³-hybridized carbons (Fsp3) is 0.682. The third kappa shape index (κ3) is 6.46. The number of alkyl halides is 3. The van der Waals surface area contributed by atoms with Crippen molar-refractivity contribution in [3.8, 4) is 5.75 Å². The van der Waals surface area contributed by atoms with Gasteiger partial charge in [-0.1, -0.05) is 32.9 Å². The van der Waals surface area contributed by atoms with Gasteiger partial charge in [-0.15, -0.1) is 0 Å². The molecule has 5 nitrogen and oxygen atoms in total. The Morgan fingerprint density at radius 1 is 1.16 bits per heavy atom. The fourth-order valence-electron chi connectivity index (χ4n) is 4.33. The number of carbonyl (C=O) groups is 1. The molecule has 0 saturated carbocycles. The van der Waals surface area contributed by atoms with Gasteiger partial charge in [-0.2, -0.15) is 13.2 Å². The first-order valence-electron chi connectivity index (χ1n) is 11.0. The van der Waals surface area contributed by atoms with Crippen LogP contribution in [0, 0.1) is 0 Å². The van der Waals surface area contributed by atoms with E-state index in [0.29, 0.717) is 24.3 Å². The predicted octanol–water partition coefficient (Wildman–Crippen LogP) is 4.73. The zero-order valence-corrected chi connectivity index (χ0v) is 20.1. The molecule has 2 rings (SSSR count). The smallest absolute Gasteiger partial charge is 0.471 e. The molecule has 0 aliphatic carbocycles. The van der Waals surface area contributed by atoms with Crippen LogP contribution in [0.5, 0.6) is 5.75 Å². The van der Waals surface area contributed by atoms with Gasteiger partial charge in [-0.3, -0.25) is 4.79 Å². The first kappa shape index (κ1) is 25.7. The third-order valence-corrected chi connectivity index (χ3v) is 11.1. The van der Waals surface area contributed by atoms with Crippen molar-refractivity contribution in [2.75, 3.05) is 13.7 Å². The summed E-state index contributed by atoms with van der Waals surface area (Å²) >= 11 is 0. The van der Waals surface area contributed by atoms with Gasteiger partial charge in [0.15, 0.2) is 8.32 Å². The summed E-state index contributed by atoms with van der Waals surface area (Å²) in [5, 5.41) is 3.36. The van der Waals surface area contributed by atoms with E-state index in [4.69, 9.17) is 9.16 Å². The third-order valence-electron chi connectivity index (χ3n) is 6.48. The van der Waals surface area contributed by atoms with Crippen LogP contribution in [0.15, 0.2) is 24.3 Å². The average Bonchev–Trinajstić information content (AvgIpc) is 3.13. The maximum absolute atomic E-state index is 13.5. The van der Waals surface area contributed by atoms with Gasteiger partial charge in [-0.05, 0) is 49.2 Å². The molecule has 0 radical (unpaired) electrons. The van der Waals surface area contributed by atoms with Gasteiger partial charge in [0.1, 0.15) is 5.75 Å². The lowest BCUT2D eigenvalue weighted by molar-refractivity contribution is -0.189. The van der Waals surface area contributed by atoms with E-state index in [1.807, 2.05) is 6.92 Å². The first-order chi connectivity index (χ1) is 14.6. The Kier molecular flexibility index (Phi) is 8.97. The van der Waals surface area contributed by atoms with Crippen molar-refractivity contribution in [1.82, 2.24) is 10.2 Å². The number of nitrogens with zero attached hydrogens (tertiary/aromatic N) is 1. The van der Waals surface area contributed by atoms with Crippen molar-refractivity contribution in [2.24, 2.45) is 0 Å². The lowest BCUT2D eigenvalue weighted by Crippen LogP contribution is -2.53. The Labute approximate surface area is 184 Å². The summed E-state index contributed by atoms with van der Waals surface area (Å²) in [6.07, 6.45) is -4.48. The van der Waals surface area contributed by atoms with Crippen LogP contribution in [0.1, 0.15) is 39.7 Å². The number of hydrogen-bond donors (Lipinski definition) is 1. The molecule has 0 unspecified atom stereocenters. The van der Waals surface area contributed by atoms with Crippen LogP contribution >= 0.6 is 0 Å². The summed E-state index contributed by atoms with van der Waals surface area (Å²) in [7, 11) is -0.375. The lowest BCUT2D eigenvalue weighted by Gasteiger charge is -2.36. The number of halogens is 3. The summed E-state index contributed by atoms with van der Waals surface area (Å²) in [5.74, 6) is -1.20. The SMILES string of the molecule is CC[Si](CC)(CC)OC[C@@H]1N[C@H](C)C[C@@H]1N(Cc1ccc(OC)cc1)C(=O)C(F)(F)F. The Bertz CT molecular complexity index is 703. The second-order valence-corrected chi connectivity index (χ2v) is 13.1. The molecule has 1 saturated heterocycles. The molecular formula is C22H35F3N2O3Si. The topological polar surface area (TPSA) is 50.8 Å². The molecule has 1 aliphatic heterocycles. The molecule has 1 aromatic carbocycles. The van der Waals surface area contributed by atoms with Gasteiger partial charge < -0.3 is 19.4 Å². The summed E-state index contributed by atoms with van der Waals surface area (Å²) in [6, 6.07) is 8.71. The van der Waals surface area contributed by atoms with Gasteiger partial charge >= 0.3 is 12.1 Å². The lowest BCUT2D eigenvalue weighted by atomic mass is 10.0. The summed E-state index contributed by atoms with van der Waals surface area (Å²) in [5.41, 5.74) is 0.622. The highest BCUT2D eigenvalue weighted by atomic mass is 28.4. The van der Waals surface area contributed by atoms with Gasteiger partial charge in [0.25, 0.3) is 0 Å². The van der Waals surface area contributed by atoms with Crippen LogP contribution in [0.3, 0.4) is 0 Å². The molecule has 176 valence electrons. The van der Waals surface area contributed by atoms with E-state index in [-0.39, 0.29) is 18.6 Å².